The van der Waals surface area contributed by atoms with Crippen molar-refractivity contribution in [1.29, 1.82) is 0 Å². The lowest BCUT2D eigenvalue weighted by Gasteiger charge is -2.19. The number of primary amides is 1. The van der Waals surface area contributed by atoms with Gasteiger partial charge in [0.25, 0.3) is 23.3 Å². The Bertz CT molecular complexity index is 1170. The number of carbonyl (C=O) groups is 3. The molecule has 0 fully saturated rings. The Morgan fingerprint density at radius 2 is 1.70 bits per heavy atom. The predicted molar refractivity (Wildman–Crippen MR) is 106 cm³/mol. The van der Waals surface area contributed by atoms with Gasteiger partial charge in [-0.25, -0.2) is 4.79 Å². The van der Waals surface area contributed by atoms with E-state index in [1.54, 1.807) is 30.3 Å². The lowest BCUT2D eigenvalue weighted by atomic mass is 10.1. The highest BCUT2D eigenvalue weighted by Gasteiger charge is 2.19. The number of aromatic nitrogens is 3. The summed E-state index contributed by atoms with van der Waals surface area (Å²) in [4.78, 5) is 65.7. The van der Waals surface area contributed by atoms with Gasteiger partial charge in [0.2, 0.25) is 0 Å². The molecular weight excluding hydrogens is 392 g/mol. The summed E-state index contributed by atoms with van der Waals surface area (Å²) in [7, 11) is 0. The third kappa shape index (κ3) is 4.90. The molecule has 1 aromatic carbocycles. The van der Waals surface area contributed by atoms with E-state index in [1.807, 2.05) is 4.98 Å². The highest BCUT2D eigenvalue weighted by atomic mass is 16.2. The molecule has 0 aliphatic carbocycles. The lowest BCUT2D eigenvalue weighted by molar-refractivity contribution is 0.0905. The molecular formula is C19H18N6O5. The predicted octanol–water partition coefficient (Wildman–Crippen LogP) is -0.609. The minimum absolute atomic E-state index is 0.000899. The summed E-state index contributed by atoms with van der Waals surface area (Å²) >= 11 is 0. The van der Waals surface area contributed by atoms with Crippen LogP contribution in [0.1, 0.15) is 42.9 Å². The number of benzene rings is 1. The van der Waals surface area contributed by atoms with E-state index < -0.39 is 35.0 Å². The summed E-state index contributed by atoms with van der Waals surface area (Å²) in [6, 6.07) is 10.4. The molecule has 7 N–H and O–H groups in total. The standard InChI is InChI=1S/C19H18N6O5/c20-16(27)12-6-11(8-21-12)17(28)22-9-14(10-4-2-1-3-5-10)23-18(29)13-7-15(26)25-19(30)24-13/h1-8,14,21H,9H2,(H2,20,27)(H,22,28)(H,23,29)(H2,24,25,26,30)/t14-/m1/s1. The number of hydrogen-bond donors (Lipinski definition) is 6. The second kappa shape index (κ2) is 8.73. The zero-order valence-electron chi connectivity index (χ0n) is 15.5. The van der Waals surface area contributed by atoms with E-state index >= 15 is 0 Å². The van der Waals surface area contributed by atoms with Gasteiger partial charge in [-0.1, -0.05) is 30.3 Å². The van der Waals surface area contributed by atoms with Crippen LogP contribution < -0.4 is 27.6 Å². The highest BCUT2D eigenvalue weighted by molar-refractivity contribution is 5.98. The number of nitrogens with one attached hydrogen (secondary N) is 5. The van der Waals surface area contributed by atoms with Crippen LogP contribution in [0.3, 0.4) is 0 Å². The smallest absolute Gasteiger partial charge is 0.326 e. The van der Waals surface area contributed by atoms with Crippen molar-refractivity contribution in [3.8, 4) is 0 Å². The summed E-state index contributed by atoms with van der Waals surface area (Å²) in [6.45, 7) is -0.000899. The fourth-order valence-corrected chi connectivity index (χ4v) is 2.73. The second-order valence-corrected chi connectivity index (χ2v) is 6.31. The van der Waals surface area contributed by atoms with E-state index in [-0.39, 0.29) is 23.5 Å². The van der Waals surface area contributed by atoms with Crippen LogP contribution in [0.25, 0.3) is 0 Å². The van der Waals surface area contributed by atoms with Crippen LogP contribution in [0.4, 0.5) is 0 Å². The van der Waals surface area contributed by atoms with Crippen LogP contribution in [0.2, 0.25) is 0 Å². The van der Waals surface area contributed by atoms with Crippen molar-refractivity contribution in [2.75, 3.05) is 6.54 Å². The van der Waals surface area contributed by atoms with Gasteiger partial charge < -0.3 is 26.3 Å². The number of amides is 3. The quantitative estimate of drug-likeness (QED) is 0.303. The topological polar surface area (TPSA) is 183 Å². The van der Waals surface area contributed by atoms with Gasteiger partial charge in [0.05, 0.1) is 11.6 Å². The molecule has 11 nitrogen and oxygen atoms in total. The Balaban J connectivity index is 1.76. The molecule has 30 heavy (non-hydrogen) atoms. The molecule has 0 aliphatic rings. The van der Waals surface area contributed by atoms with Crippen LogP contribution in [0, 0.1) is 0 Å². The summed E-state index contributed by atoms with van der Waals surface area (Å²) in [5.74, 6) is -1.88. The van der Waals surface area contributed by atoms with Gasteiger partial charge in [0.15, 0.2) is 0 Å². The van der Waals surface area contributed by atoms with Crippen molar-refractivity contribution >= 4 is 17.7 Å². The maximum atomic E-state index is 12.5. The SMILES string of the molecule is NC(=O)c1cc(C(=O)NC[C@@H](NC(=O)c2cc(=O)[nH]c(=O)[nH]2)c2ccccc2)c[nH]1. The first-order valence-corrected chi connectivity index (χ1v) is 8.79. The van der Waals surface area contributed by atoms with E-state index in [0.717, 1.165) is 6.07 Å². The molecule has 3 rings (SSSR count). The summed E-state index contributed by atoms with van der Waals surface area (Å²) in [5, 5.41) is 5.34. The molecule has 0 unspecified atom stereocenters. The summed E-state index contributed by atoms with van der Waals surface area (Å²) in [6.07, 6.45) is 1.34. The van der Waals surface area contributed by atoms with E-state index in [0.29, 0.717) is 5.56 Å². The molecule has 0 radical (unpaired) electrons. The van der Waals surface area contributed by atoms with Gasteiger partial charge in [-0.05, 0) is 11.6 Å². The van der Waals surface area contributed by atoms with Crippen LogP contribution in [-0.4, -0.2) is 39.2 Å². The Morgan fingerprint density at radius 1 is 0.967 bits per heavy atom. The molecule has 2 heterocycles. The largest absolute Gasteiger partial charge is 0.364 e. The maximum absolute atomic E-state index is 12.5. The molecule has 11 heteroatoms. The van der Waals surface area contributed by atoms with E-state index in [9.17, 15) is 24.0 Å². The Morgan fingerprint density at radius 3 is 2.33 bits per heavy atom. The highest BCUT2D eigenvalue weighted by Crippen LogP contribution is 2.13. The normalized spacial score (nSPS) is 11.5. The van der Waals surface area contributed by atoms with E-state index in [1.165, 1.54) is 12.3 Å². The third-order valence-corrected chi connectivity index (χ3v) is 4.19. The first-order chi connectivity index (χ1) is 14.3. The van der Waals surface area contributed by atoms with Crippen molar-refractivity contribution in [2.45, 2.75) is 6.04 Å². The van der Waals surface area contributed by atoms with Gasteiger partial charge in [-0.2, -0.15) is 0 Å². The second-order valence-electron chi connectivity index (χ2n) is 6.31. The molecule has 0 aliphatic heterocycles. The molecule has 1 atom stereocenters. The Hall–Kier alpha value is -4.41. The minimum atomic E-state index is -0.810. The summed E-state index contributed by atoms with van der Waals surface area (Å²) < 4.78 is 0. The first kappa shape index (κ1) is 20.3. The molecule has 154 valence electrons. The average Bonchev–Trinajstić information content (AvgIpc) is 3.21. The van der Waals surface area contributed by atoms with Crippen molar-refractivity contribution in [2.24, 2.45) is 5.73 Å². The Kier molecular flexibility index (Phi) is 5.92. The van der Waals surface area contributed by atoms with Crippen molar-refractivity contribution in [3.63, 3.8) is 0 Å². The van der Waals surface area contributed by atoms with Crippen molar-refractivity contribution in [3.05, 3.63) is 92.0 Å². The van der Waals surface area contributed by atoms with Crippen molar-refractivity contribution in [1.82, 2.24) is 25.6 Å². The van der Waals surface area contributed by atoms with E-state index in [2.05, 4.69) is 20.6 Å². The molecule has 3 amide bonds. The number of rotatable bonds is 7. The number of carbonyl (C=O) groups excluding carboxylic acids is 3. The van der Waals surface area contributed by atoms with Gasteiger partial charge >= 0.3 is 5.69 Å². The van der Waals surface area contributed by atoms with Crippen LogP contribution in [0.5, 0.6) is 0 Å². The number of aromatic amines is 3. The first-order valence-electron chi connectivity index (χ1n) is 8.79. The van der Waals surface area contributed by atoms with Crippen LogP contribution in [0.15, 0.2) is 58.3 Å². The summed E-state index contributed by atoms with van der Waals surface area (Å²) in [5.41, 5.74) is 4.39. The van der Waals surface area contributed by atoms with Crippen LogP contribution >= 0.6 is 0 Å². The fourth-order valence-electron chi connectivity index (χ4n) is 2.73. The zero-order chi connectivity index (χ0) is 21.7. The van der Waals surface area contributed by atoms with Crippen LogP contribution in [-0.2, 0) is 0 Å². The van der Waals surface area contributed by atoms with Crippen molar-refractivity contribution < 1.29 is 14.4 Å². The lowest BCUT2D eigenvalue weighted by Crippen LogP contribution is -2.39. The maximum Gasteiger partial charge on any atom is 0.326 e. The average molecular weight is 410 g/mol. The number of nitrogens with two attached hydrogens (primary N) is 1. The van der Waals surface area contributed by atoms with Gasteiger partial charge in [0.1, 0.15) is 11.4 Å². The monoisotopic (exact) mass is 410 g/mol. The molecule has 0 spiro atoms. The van der Waals surface area contributed by atoms with Gasteiger partial charge in [-0.15, -0.1) is 0 Å². The Labute approximate surface area is 168 Å². The number of hydrogen-bond acceptors (Lipinski definition) is 5. The minimum Gasteiger partial charge on any atom is -0.364 e. The number of H-pyrrole nitrogens is 3. The fraction of sp³-hybridized carbons (Fsp3) is 0.105. The third-order valence-electron chi connectivity index (χ3n) is 4.19. The molecule has 0 saturated heterocycles. The van der Waals surface area contributed by atoms with Gasteiger partial charge in [0, 0.05) is 18.8 Å². The molecule has 0 bridgehead atoms. The van der Waals surface area contributed by atoms with Gasteiger partial charge in [-0.3, -0.25) is 24.2 Å². The molecule has 0 saturated carbocycles. The molecule has 3 aromatic rings. The molecule has 2 aromatic heterocycles. The zero-order valence-corrected chi connectivity index (χ0v) is 15.5. The van der Waals surface area contributed by atoms with E-state index in [4.69, 9.17) is 5.73 Å².